The molecular formula is C18H23NO6. The number of aliphatic carboxylic acids is 1. The van der Waals surface area contributed by atoms with Gasteiger partial charge >= 0.3 is 5.97 Å². The van der Waals surface area contributed by atoms with Crippen LogP contribution in [0.5, 0.6) is 11.5 Å². The lowest BCUT2D eigenvalue weighted by atomic mass is 10.1. The number of ether oxygens (including phenoxy) is 3. The lowest BCUT2D eigenvalue weighted by Crippen LogP contribution is -2.45. The number of nitrogens with zero attached hydrogens (tertiary/aromatic N) is 1. The largest absolute Gasteiger partial charge is 0.497 e. The predicted molar refractivity (Wildman–Crippen MR) is 91.8 cm³/mol. The predicted octanol–water partition coefficient (Wildman–Crippen LogP) is 1.81. The maximum absolute atomic E-state index is 12.5. The maximum Gasteiger partial charge on any atom is 0.323 e. The van der Waals surface area contributed by atoms with Crippen LogP contribution in [0.4, 0.5) is 0 Å². The van der Waals surface area contributed by atoms with Crippen molar-refractivity contribution in [3.8, 4) is 11.5 Å². The molecule has 0 radical (unpaired) electrons. The van der Waals surface area contributed by atoms with Gasteiger partial charge in [-0.1, -0.05) is 0 Å². The molecule has 1 aromatic carbocycles. The Morgan fingerprint density at radius 2 is 2.00 bits per heavy atom. The summed E-state index contributed by atoms with van der Waals surface area (Å²) in [6.45, 7) is 0.738. The lowest BCUT2D eigenvalue weighted by molar-refractivity contribution is -0.145. The fraction of sp³-hybridized carbons (Fsp3) is 0.444. The van der Waals surface area contributed by atoms with Crippen LogP contribution in [-0.4, -0.2) is 61.9 Å². The average molecular weight is 349 g/mol. The molecule has 136 valence electrons. The normalized spacial score (nSPS) is 15.1. The summed E-state index contributed by atoms with van der Waals surface area (Å²) >= 11 is 0. The number of amides is 1. The summed E-state index contributed by atoms with van der Waals surface area (Å²) in [6.07, 6.45) is 4.27. The van der Waals surface area contributed by atoms with Gasteiger partial charge in [0.2, 0.25) is 5.91 Å². The molecule has 0 saturated carbocycles. The molecule has 1 aliphatic heterocycles. The number of benzene rings is 1. The number of carbonyl (C=O) groups excluding carboxylic acids is 1. The molecule has 1 fully saturated rings. The van der Waals surface area contributed by atoms with E-state index in [-0.39, 0.29) is 18.5 Å². The molecule has 1 amide bonds. The second kappa shape index (κ2) is 9.08. The van der Waals surface area contributed by atoms with Gasteiger partial charge < -0.3 is 24.2 Å². The van der Waals surface area contributed by atoms with Crippen LogP contribution >= 0.6 is 0 Å². The molecule has 0 atom stereocenters. The molecule has 1 saturated heterocycles. The number of hydrogen-bond acceptors (Lipinski definition) is 5. The van der Waals surface area contributed by atoms with Crippen LogP contribution < -0.4 is 9.47 Å². The summed E-state index contributed by atoms with van der Waals surface area (Å²) < 4.78 is 15.7. The minimum Gasteiger partial charge on any atom is -0.497 e. The van der Waals surface area contributed by atoms with Crippen molar-refractivity contribution in [2.75, 3.05) is 34.0 Å². The molecule has 1 N–H and O–H groups in total. The van der Waals surface area contributed by atoms with Crippen LogP contribution in [0.15, 0.2) is 24.3 Å². The van der Waals surface area contributed by atoms with Crippen LogP contribution in [0.2, 0.25) is 0 Å². The number of hydrogen-bond donors (Lipinski definition) is 1. The third-order valence-corrected chi connectivity index (χ3v) is 4.07. The van der Waals surface area contributed by atoms with E-state index in [4.69, 9.17) is 19.3 Å². The highest BCUT2D eigenvalue weighted by atomic mass is 16.5. The molecule has 0 spiro atoms. The Morgan fingerprint density at radius 3 is 2.60 bits per heavy atom. The first-order valence-electron chi connectivity index (χ1n) is 8.05. The quantitative estimate of drug-likeness (QED) is 0.756. The number of carboxylic acid groups (broad SMARTS) is 1. The van der Waals surface area contributed by atoms with Crippen molar-refractivity contribution < 1.29 is 28.9 Å². The fourth-order valence-corrected chi connectivity index (χ4v) is 2.74. The van der Waals surface area contributed by atoms with Gasteiger partial charge in [-0.15, -0.1) is 0 Å². The monoisotopic (exact) mass is 349 g/mol. The van der Waals surface area contributed by atoms with Crippen molar-refractivity contribution in [1.29, 1.82) is 0 Å². The zero-order chi connectivity index (χ0) is 18.2. The Balaban J connectivity index is 2.16. The van der Waals surface area contributed by atoms with E-state index in [0.29, 0.717) is 43.1 Å². The summed E-state index contributed by atoms with van der Waals surface area (Å²) in [4.78, 5) is 25.0. The number of rotatable bonds is 7. The van der Waals surface area contributed by atoms with Gasteiger partial charge in [-0.2, -0.15) is 0 Å². The third kappa shape index (κ3) is 5.22. The SMILES string of the molecule is COc1ccc(/C=C/C(=O)N(CC(=O)O)C2CCOCC2)c(OC)c1. The molecule has 2 rings (SSSR count). The second-order valence-corrected chi connectivity index (χ2v) is 5.64. The molecule has 1 aromatic rings. The van der Waals surface area contributed by atoms with Crippen molar-refractivity contribution in [1.82, 2.24) is 4.90 Å². The first-order chi connectivity index (χ1) is 12.0. The van der Waals surface area contributed by atoms with Crippen molar-refractivity contribution in [2.45, 2.75) is 18.9 Å². The standard InChI is InChI=1S/C18H23NO6/c1-23-15-5-3-13(16(11-15)24-2)4-6-17(20)19(12-18(21)22)14-7-9-25-10-8-14/h3-6,11,14H,7-10,12H2,1-2H3,(H,21,22)/b6-4+. The van der Waals surface area contributed by atoms with Gasteiger partial charge in [0.15, 0.2) is 0 Å². The van der Waals surface area contributed by atoms with E-state index in [1.54, 1.807) is 31.4 Å². The highest BCUT2D eigenvalue weighted by Crippen LogP contribution is 2.25. The van der Waals surface area contributed by atoms with Crippen LogP contribution in [0.25, 0.3) is 6.08 Å². The highest BCUT2D eigenvalue weighted by molar-refractivity contribution is 5.94. The molecule has 25 heavy (non-hydrogen) atoms. The van der Waals surface area contributed by atoms with Crippen LogP contribution in [0.3, 0.4) is 0 Å². The van der Waals surface area contributed by atoms with Gasteiger partial charge in [-0.3, -0.25) is 9.59 Å². The van der Waals surface area contributed by atoms with Gasteiger partial charge in [-0.25, -0.2) is 0 Å². The Kier molecular flexibility index (Phi) is 6.82. The Bertz CT molecular complexity index is 636. The number of methoxy groups -OCH3 is 2. The van der Waals surface area contributed by atoms with E-state index in [2.05, 4.69) is 0 Å². The molecular weight excluding hydrogens is 326 g/mol. The lowest BCUT2D eigenvalue weighted by Gasteiger charge is -2.32. The second-order valence-electron chi connectivity index (χ2n) is 5.64. The molecule has 0 aromatic heterocycles. The first kappa shape index (κ1) is 18.8. The van der Waals surface area contributed by atoms with Crippen LogP contribution in [0.1, 0.15) is 18.4 Å². The summed E-state index contributed by atoms with van der Waals surface area (Å²) in [5, 5.41) is 9.11. The minimum absolute atomic E-state index is 0.125. The molecule has 1 heterocycles. The van der Waals surface area contributed by atoms with Gasteiger partial charge in [0.1, 0.15) is 18.0 Å². The Hall–Kier alpha value is -2.54. The third-order valence-electron chi connectivity index (χ3n) is 4.07. The molecule has 0 bridgehead atoms. The van der Waals surface area contributed by atoms with E-state index in [0.717, 1.165) is 0 Å². The van der Waals surface area contributed by atoms with Gasteiger partial charge in [0.05, 0.1) is 14.2 Å². The van der Waals surface area contributed by atoms with E-state index in [1.165, 1.54) is 18.1 Å². The zero-order valence-electron chi connectivity index (χ0n) is 14.4. The van der Waals surface area contributed by atoms with Crippen molar-refractivity contribution >= 4 is 18.0 Å². The Labute approximate surface area is 146 Å². The van der Waals surface area contributed by atoms with E-state index < -0.39 is 5.97 Å². The summed E-state index contributed by atoms with van der Waals surface area (Å²) in [7, 11) is 3.10. The van der Waals surface area contributed by atoms with Crippen LogP contribution in [0, 0.1) is 0 Å². The zero-order valence-corrected chi connectivity index (χ0v) is 14.4. The molecule has 0 aliphatic carbocycles. The van der Waals surface area contributed by atoms with E-state index in [9.17, 15) is 9.59 Å². The van der Waals surface area contributed by atoms with Crippen molar-refractivity contribution in [3.05, 3.63) is 29.8 Å². The maximum atomic E-state index is 12.5. The van der Waals surface area contributed by atoms with Gasteiger partial charge in [0.25, 0.3) is 0 Å². The summed E-state index contributed by atoms with van der Waals surface area (Å²) in [5.74, 6) is -0.156. The molecule has 0 unspecified atom stereocenters. The number of carbonyl (C=O) groups is 2. The molecule has 7 heteroatoms. The number of carboxylic acids is 1. The highest BCUT2D eigenvalue weighted by Gasteiger charge is 2.26. The van der Waals surface area contributed by atoms with Crippen molar-refractivity contribution in [3.63, 3.8) is 0 Å². The van der Waals surface area contributed by atoms with Gasteiger partial charge in [-0.05, 0) is 31.1 Å². The summed E-state index contributed by atoms with van der Waals surface area (Å²) in [5.41, 5.74) is 0.707. The summed E-state index contributed by atoms with van der Waals surface area (Å²) in [6, 6.07) is 5.13. The molecule has 7 nitrogen and oxygen atoms in total. The van der Waals surface area contributed by atoms with Gasteiger partial charge in [0, 0.05) is 37.0 Å². The van der Waals surface area contributed by atoms with E-state index in [1.807, 2.05) is 0 Å². The Morgan fingerprint density at radius 1 is 1.28 bits per heavy atom. The smallest absolute Gasteiger partial charge is 0.323 e. The van der Waals surface area contributed by atoms with Crippen molar-refractivity contribution in [2.24, 2.45) is 0 Å². The minimum atomic E-state index is -1.03. The fourth-order valence-electron chi connectivity index (χ4n) is 2.74. The van der Waals surface area contributed by atoms with E-state index >= 15 is 0 Å². The molecule has 1 aliphatic rings. The topological polar surface area (TPSA) is 85.3 Å². The average Bonchev–Trinajstić information content (AvgIpc) is 2.64. The first-order valence-corrected chi connectivity index (χ1v) is 8.05. The van der Waals surface area contributed by atoms with Crippen LogP contribution in [-0.2, 0) is 14.3 Å².